The molecule has 0 spiro atoms. The molecule has 0 aromatic rings. The van der Waals surface area contributed by atoms with Crippen molar-refractivity contribution in [3.05, 3.63) is 59.8 Å². The quantitative estimate of drug-likeness (QED) is 0.680. The molecule has 1 unspecified atom stereocenters. The van der Waals surface area contributed by atoms with Gasteiger partial charge < -0.3 is 5.73 Å². The summed E-state index contributed by atoms with van der Waals surface area (Å²) in [6, 6.07) is 0. The van der Waals surface area contributed by atoms with Crippen LogP contribution in [0.4, 0.5) is 0 Å². The predicted molar refractivity (Wildman–Crippen MR) is 74.6 cm³/mol. The Morgan fingerprint density at radius 2 is 1.88 bits per heavy atom. The van der Waals surface area contributed by atoms with Gasteiger partial charge in [0, 0.05) is 0 Å². The minimum atomic E-state index is 0.484. The third-order valence-electron chi connectivity index (χ3n) is 3.40. The Morgan fingerprint density at radius 1 is 1.06 bits per heavy atom. The largest absolute Gasteiger partial charge is 0.330 e. The second kappa shape index (κ2) is 6.41. The number of rotatable bonds is 1. The first-order valence-corrected chi connectivity index (χ1v) is 6.50. The fraction of sp³-hybridized carbons (Fsp3) is 0.375. The molecule has 1 atom stereocenters. The van der Waals surface area contributed by atoms with Crippen LogP contribution in [0, 0.1) is 5.92 Å². The van der Waals surface area contributed by atoms with Gasteiger partial charge in [-0.2, -0.15) is 0 Å². The molecule has 0 saturated carbocycles. The van der Waals surface area contributed by atoms with Gasteiger partial charge in [-0.1, -0.05) is 48.6 Å². The van der Waals surface area contributed by atoms with Crippen LogP contribution in [0.5, 0.6) is 0 Å². The first-order valence-electron chi connectivity index (χ1n) is 6.50. The van der Waals surface area contributed by atoms with Gasteiger partial charge in [-0.3, -0.25) is 0 Å². The highest BCUT2D eigenvalue weighted by molar-refractivity contribution is 5.37. The molecule has 1 heteroatoms. The zero-order valence-corrected chi connectivity index (χ0v) is 10.3. The van der Waals surface area contributed by atoms with E-state index in [-0.39, 0.29) is 0 Å². The maximum atomic E-state index is 5.89. The Bertz CT molecular complexity index is 394. The third-order valence-corrected chi connectivity index (χ3v) is 3.40. The summed E-state index contributed by atoms with van der Waals surface area (Å²) < 4.78 is 0. The molecule has 2 bridgehead atoms. The van der Waals surface area contributed by atoms with Crippen LogP contribution in [0.2, 0.25) is 0 Å². The molecule has 90 valence electrons. The van der Waals surface area contributed by atoms with E-state index in [4.69, 9.17) is 5.73 Å². The van der Waals surface area contributed by atoms with E-state index in [1.54, 1.807) is 0 Å². The van der Waals surface area contributed by atoms with E-state index in [9.17, 15) is 0 Å². The highest BCUT2D eigenvalue weighted by Gasteiger charge is 2.10. The first-order chi connectivity index (χ1) is 8.40. The minimum absolute atomic E-state index is 0.484. The highest BCUT2D eigenvalue weighted by atomic mass is 14.5. The molecule has 0 aromatic heterocycles. The average molecular weight is 227 g/mol. The zero-order chi connectivity index (χ0) is 11.9. The second-order valence-corrected chi connectivity index (χ2v) is 4.65. The van der Waals surface area contributed by atoms with Gasteiger partial charge in [0.2, 0.25) is 0 Å². The standard InChI is InChI=1S/C16H21N/c17-13-16-10-4-2-1-3-7-14-8-5-6-9-15(16)12-11-14/h1-2,5-6,8-9,11-12,16H,3-4,7,10,13,17H2/b2-1-,6-5-,8-5?,9-6?,12-11?,14-8?,14-11?,15-9+,15-12?. The summed E-state index contributed by atoms with van der Waals surface area (Å²) in [5.41, 5.74) is 8.65. The molecule has 0 amide bonds. The molecule has 2 rings (SSSR count). The number of hydrogen-bond donors (Lipinski definition) is 1. The third kappa shape index (κ3) is 3.57. The van der Waals surface area contributed by atoms with Crippen molar-refractivity contribution in [3.63, 3.8) is 0 Å². The van der Waals surface area contributed by atoms with E-state index >= 15 is 0 Å². The van der Waals surface area contributed by atoms with E-state index in [0.717, 1.165) is 32.2 Å². The summed E-state index contributed by atoms with van der Waals surface area (Å²) in [4.78, 5) is 0. The minimum Gasteiger partial charge on any atom is -0.330 e. The normalized spacial score (nSPS) is 31.5. The average Bonchev–Trinajstić information content (AvgIpc) is 2.34. The van der Waals surface area contributed by atoms with Gasteiger partial charge in [-0.25, -0.2) is 0 Å². The van der Waals surface area contributed by atoms with Gasteiger partial charge in [0.1, 0.15) is 0 Å². The Morgan fingerprint density at radius 3 is 2.76 bits per heavy atom. The smallest absolute Gasteiger partial charge is 0.000813 e. The summed E-state index contributed by atoms with van der Waals surface area (Å²) in [5, 5.41) is 0. The van der Waals surface area contributed by atoms with Crippen molar-refractivity contribution < 1.29 is 0 Å². The maximum absolute atomic E-state index is 5.89. The van der Waals surface area contributed by atoms with Crippen molar-refractivity contribution in [1.82, 2.24) is 0 Å². The van der Waals surface area contributed by atoms with Crippen LogP contribution in [0.25, 0.3) is 0 Å². The van der Waals surface area contributed by atoms with E-state index < -0.39 is 0 Å². The molecule has 0 fully saturated rings. The van der Waals surface area contributed by atoms with Crippen LogP contribution in [-0.2, 0) is 0 Å². The number of hydrogen-bond acceptors (Lipinski definition) is 1. The van der Waals surface area contributed by atoms with Crippen LogP contribution < -0.4 is 5.73 Å². The Labute approximate surface area is 104 Å². The van der Waals surface area contributed by atoms with E-state index in [0.29, 0.717) is 5.92 Å². The van der Waals surface area contributed by atoms with Crippen molar-refractivity contribution in [3.8, 4) is 0 Å². The number of nitrogens with two attached hydrogens (primary N) is 1. The molecule has 0 aliphatic heterocycles. The molecule has 0 aromatic carbocycles. The summed E-state index contributed by atoms with van der Waals surface area (Å²) in [6.07, 6.45) is 22.3. The molecule has 2 aliphatic carbocycles. The lowest BCUT2D eigenvalue weighted by Crippen LogP contribution is -2.15. The lowest BCUT2D eigenvalue weighted by Gasteiger charge is -2.15. The van der Waals surface area contributed by atoms with Crippen molar-refractivity contribution in [2.75, 3.05) is 6.54 Å². The fourth-order valence-corrected chi connectivity index (χ4v) is 2.30. The summed E-state index contributed by atoms with van der Waals surface area (Å²) in [6.45, 7) is 0.733. The number of fused-ring (bicyclic) bond motifs is 2. The van der Waals surface area contributed by atoms with Gasteiger partial charge in [-0.15, -0.1) is 0 Å². The van der Waals surface area contributed by atoms with Crippen LogP contribution >= 0.6 is 0 Å². The topological polar surface area (TPSA) is 26.0 Å². The molecule has 0 heterocycles. The zero-order valence-electron chi connectivity index (χ0n) is 10.3. The molecular formula is C16H21N. The van der Waals surface area contributed by atoms with Crippen molar-refractivity contribution >= 4 is 0 Å². The molecule has 17 heavy (non-hydrogen) atoms. The van der Waals surface area contributed by atoms with Gasteiger partial charge in [0.25, 0.3) is 0 Å². The van der Waals surface area contributed by atoms with Crippen LogP contribution in [0.15, 0.2) is 59.8 Å². The Hall–Kier alpha value is -1.34. The summed E-state index contributed by atoms with van der Waals surface area (Å²) in [7, 11) is 0. The van der Waals surface area contributed by atoms with Crippen LogP contribution in [-0.4, -0.2) is 6.54 Å². The molecule has 2 N–H and O–H groups in total. The Balaban J connectivity index is 2.27. The van der Waals surface area contributed by atoms with Crippen LogP contribution in [0.3, 0.4) is 0 Å². The summed E-state index contributed by atoms with van der Waals surface area (Å²) >= 11 is 0. The number of allylic oxidation sites excluding steroid dienone is 9. The second-order valence-electron chi connectivity index (χ2n) is 4.65. The van der Waals surface area contributed by atoms with Crippen molar-refractivity contribution in [1.29, 1.82) is 0 Å². The van der Waals surface area contributed by atoms with Gasteiger partial charge in [0.15, 0.2) is 0 Å². The molecule has 1 nitrogen and oxygen atoms in total. The van der Waals surface area contributed by atoms with E-state index in [2.05, 4.69) is 48.6 Å². The van der Waals surface area contributed by atoms with E-state index in [1.165, 1.54) is 11.1 Å². The Kier molecular flexibility index (Phi) is 4.57. The summed E-state index contributed by atoms with van der Waals surface area (Å²) in [5.74, 6) is 0.484. The van der Waals surface area contributed by atoms with Gasteiger partial charge in [-0.05, 0) is 49.3 Å². The molecule has 2 aliphatic rings. The highest BCUT2D eigenvalue weighted by Crippen LogP contribution is 2.22. The molecular weight excluding hydrogens is 206 g/mol. The fourth-order valence-electron chi connectivity index (χ4n) is 2.30. The predicted octanol–water partition coefficient (Wildman–Crippen LogP) is 3.67. The van der Waals surface area contributed by atoms with E-state index in [1.807, 2.05) is 0 Å². The van der Waals surface area contributed by atoms with Crippen molar-refractivity contribution in [2.24, 2.45) is 11.7 Å². The van der Waals surface area contributed by atoms with Crippen LogP contribution in [0.1, 0.15) is 25.7 Å². The van der Waals surface area contributed by atoms with Gasteiger partial charge >= 0.3 is 0 Å². The van der Waals surface area contributed by atoms with Crippen molar-refractivity contribution in [2.45, 2.75) is 25.7 Å². The molecule has 0 saturated heterocycles. The monoisotopic (exact) mass is 227 g/mol. The SMILES string of the molecule is NCC1CC/C=C\CCC2=C/C=C\C=C\1C=C2. The van der Waals surface area contributed by atoms with Gasteiger partial charge in [0.05, 0.1) is 0 Å². The molecule has 0 radical (unpaired) electrons. The lowest BCUT2D eigenvalue weighted by atomic mass is 9.92. The maximum Gasteiger partial charge on any atom is -0.000813 e. The lowest BCUT2D eigenvalue weighted by molar-refractivity contribution is 0.587. The first kappa shape index (κ1) is 12.1.